The van der Waals surface area contributed by atoms with Crippen LogP contribution in [-0.4, -0.2) is 12.8 Å². The van der Waals surface area contributed by atoms with Crippen LogP contribution < -0.4 is 0 Å². The second-order valence-corrected chi connectivity index (χ2v) is 4.31. The summed E-state index contributed by atoms with van der Waals surface area (Å²) < 4.78 is 0. The van der Waals surface area contributed by atoms with Gasteiger partial charge in [0.15, 0.2) is 0 Å². The van der Waals surface area contributed by atoms with Crippen LogP contribution in [-0.2, 0) is 4.84 Å². The summed E-state index contributed by atoms with van der Waals surface area (Å²) in [6.07, 6.45) is 9.53. The maximum atomic E-state index is 4.92. The predicted octanol–water partition coefficient (Wildman–Crippen LogP) is 2.98. The van der Waals surface area contributed by atoms with Gasteiger partial charge in [-0.1, -0.05) is 18.0 Å². The Balaban J connectivity index is 2.06. The highest BCUT2D eigenvalue weighted by molar-refractivity contribution is 5.87. The van der Waals surface area contributed by atoms with Crippen LogP contribution in [0.5, 0.6) is 0 Å². The van der Waals surface area contributed by atoms with Crippen molar-refractivity contribution < 1.29 is 4.84 Å². The fourth-order valence-electron chi connectivity index (χ4n) is 2.95. The monoisotopic (exact) mass is 181 g/mol. The summed E-state index contributed by atoms with van der Waals surface area (Å²) in [6, 6.07) is 0. The van der Waals surface area contributed by atoms with Crippen molar-refractivity contribution in [2.24, 2.45) is 17.0 Å². The summed E-state index contributed by atoms with van der Waals surface area (Å²) in [5.41, 5.74) is 1.35. The van der Waals surface area contributed by atoms with E-state index in [-0.39, 0.29) is 0 Å². The number of hydrogen-bond donors (Lipinski definition) is 0. The Hall–Kier alpha value is -0.530. The summed E-state index contributed by atoms with van der Waals surface area (Å²) >= 11 is 0. The van der Waals surface area contributed by atoms with Crippen LogP contribution in [0.4, 0.5) is 0 Å². The van der Waals surface area contributed by atoms with Gasteiger partial charge in [-0.25, -0.2) is 0 Å². The van der Waals surface area contributed by atoms with E-state index in [0.29, 0.717) is 0 Å². The van der Waals surface area contributed by atoms with Crippen molar-refractivity contribution in [3.8, 4) is 0 Å². The molecule has 13 heavy (non-hydrogen) atoms. The first-order valence-electron chi connectivity index (χ1n) is 5.51. The predicted molar refractivity (Wildman–Crippen MR) is 53.7 cm³/mol. The Morgan fingerprint density at radius 1 is 1.15 bits per heavy atom. The van der Waals surface area contributed by atoms with E-state index in [4.69, 9.17) is 4.84 Å². The molecule has 74 valence electrons. The van der Waals surface area contributed by atoms with Gasteiger partial charge in [0.1, 0.15) is 7.11 Å². The molecule has 0 bridgehead atoms. The molecule has 0 aromatic rings. The molecule has 2 saturated carbocycles. The quantitative estimate of drug-likeness (QED) is 0.570. The van der Waals surface area contributed by atoms with Gasteiger partial charge < -0.3 is 4.84 Å². The number of nitrogens with zero attached hydrogens (tertiary/aromatic N) is 1. The largest absolute Gasteiger partial charge is 0.399 e. The normalized spacial score (nSPS) is 37.2. The van der Waals surface area contributed by atoms with E-state index in [1.165, 1.54) is 50.7 Å². The summed E-state index contributed by atoms with van der Waals surface area (Å²) in [6.45, 7) is 0. The van der Waals surface area contributed by atoms with Crippen molar-refractivity contribution in [1.82, 2.24) is 0 Å². The van der Waals surface area contributed by atoms with Gasteiger partial charge in [0.2, 0.25) is 0 Å². The first-order valence-corrected chi connectivity index (χ1v) is 5.51. The molecule has 0 heterocycles. The molecule has 0 unspecified atom stereocenters. The molecule has 0 aromatic heterocycles. The maximum Gasteiger partial charge on any atom is 0.106 e. The van der Waals surface area contributed by atoms with Gasteiger partial charge in [0.05, 0.1) is 5.71 Å². The molecule has 0 saturated heterocycles. The van der Waals surface area contributed by atoms with Crippen molar-refractivity contribution in [2.75, 3.05) is 7.11 Å². The summed E-state index contributed by atoms with van der Waals surface area (Å²) in [5.74, 6) is 1.69. The smallest absolute Gasteiger partial charge is 0.106 e. The Kier molecular flexibility index (Phi) is 2.87. The first kappa shape index (κ1) is 9.04. The molecule has 2 atom stereocenters. The SMILES string of the molecule is CO/N=C1\CCC[C@@H]2CCCC[C@@H]12. The van der Waals surface area contributed by atoms with Gasteiger partial charge in [-0.2, -0.15) is 0 Å². The molecular weight excluding hydrogens is 162 g/mol. The van der Waals surface area contributed by atoms with E-state index >= 15 is 0 Å². The molecule has 2 aliphatic rings. The van der Waals surface area contributed by atoms with Gasteiger partial charge in [0.25, 0.3) is 0 Å². The molecule has 2 aliphatic carbocycles. The van der Waals surface area contributed by atoms with Gasteiger partial charge in [-0.05, 0) is 38.0 Å². The third kappa shape index (κ3) is 1.87. The lowest BCUT2D eigenvalue weighted by Crippen LogP contribution is -2.31. The number of oxime groups is 1. The molecule has 0 spiro atoms. The van der Waals surface area contributed by atoms with Gasteiger partial charge in [-0.3, -0.25) is 0 Å². The first-order chi connectivity index (χ1) is 6.42. The Labute approximate surface area is 80.3 Å². The molecule has 0 amide bonds. The van der Waals surface area contributed by atoms with Crippen molar-refractivity contribution in [1.29, 1.82) is 0 Å². The fraction of sp³-hybridized carbons (Fsp3) is 0.909. The number of fused-ring (bicyclic) bond motifs is 1. The van der Waals surface area contributed by atoms with Crippen molar-refractivity contribution in [3.63, 3.8) is 0 Å². The van der Waals surface area contributed by atoms with E-state index < -0.39 is 0 Å². The topological polar surface area (TPSA) is 21.6 Å². The van der Waals surface area contributed by atoms with E-state index in [2.05, 4.69) is 5.16 Å². The lowest BCUT2D eigenvalue weighted by molar-refractivity contribution is 0.195. The maximum absolute atomic E-state index is 4.92. The highest BCUT2D eigenvalue weighted by Gasteiger charge is 2.32. The van der Waals surface area contributed by atoms with E-state index in [9.17, 15) is 0 Å². The lowest BCUT2D eigenvalue weighted by atomic mass is 9.70. The van der Waals surface area contributed by atoms with E-state index in [0.717, 1.165) is 11.8 Å². The van der Waals surface area contributed by atoms with Gasteiger partial charge in [-0.15, -0.1) is 0 Å². The summed E-state index contributed by atoms with van der Waals surface area (Å²) in [5, 5.41) is 4.18. The van der Waals surface area contributed by atoms with E-state index in [1.54, 1.807) is 7.11 Å². The van der Waals surface area contributed by atoms with Crippen molar-refractivity contribution in [3.05, 3.63) is 0 Å². The average Bonchev–Trinajstić information content (AvgIpc) is 2.19. The fourth-order valence-corrected chi connectivity index (χ4v) is 2.95. The van der Waals surface area contributed by atoms with Crippen LogP contribution in [0.25, 0.3) is 0 Å². The molecule has 0 aromatic carbocycles. The molecule has 2 heteroatoms. The number of hydrogen-bond acceptors (Lipinski definition) is 2. The lowest BCUT2D eigenvalue weighted by Gasteiger charge is -2.35. The van der Waals surface area contributed by atoms with Crippen LogP contribution in [0.15, 0.2) is 5.16 Å². The minimum Gasteiger partial charge on any atom is -0.399 e. The standard InChI is InChI=1S/C11H19NO/c1-13-12-11-8-4-6-9-5-2-3-7-10(9)11/h9-10H,2-8H2,1H3/b12-11+/t9-,10+/m0/s1. The third-order valence-electron chi connectivity index (χ3n) is 3.55. The number of rotatable bonds is 1. The zero-order valence-electron chi connectivity index (χ0n) is 8.46. The molecule has 2 fully saturated rings. The van der Waals surface area contributed by atoms with Gasteiger partial charge >= 0.3 is 0 Å². The second-order valence-electron chi connectivity index (χ2n) is 4.31. The molecule has 2 nitrogen and oxygen atoms in total. The highest BCUT2D eigenvalue weighted by atomic mass is 16.6. The van der Waals surface area contributed by atoms with Crippen LogP contribution >= 0.6 is 0 Å². The molecule has 2 rings (SSSR count). The Morgan fingerprint density at radius 3 is 2.77 bits per heavy atom. The van der Waals surface area contributed by atoms with Crippen LogP contribution in [0.2, 0.25) is 0 Å². The zero-order chi connectivity index (χ0) is 9.10. The molecule has 0 N–H and O–H groups in total. The van der Waals surface area contributed by atoms with Crippen LogP contribution in [0, 0.1) is 11.8 Å². The van der Waals surface area contributed by atoms with Crippen LogP contribution in [0.1, 0.15) is 44.9 Å². The minimum atomic E-state index is 0.766. The second kappa shape index (κ2) is 4.12. The van der Waals surface area contributed by atoms with Crippen molar-refractivity contribution >= 4 is 5.71 Å². The molecule has 0 aliphatic heterocycles. The summed E-state index contributed by atoms with van der Waals surface area (Å²) in [7, 11) is 1.67. The Morgan fingerprint density at radius 2 is 1.92 bits per heavy atom. The van der Waals surface area contributed by atoms with E-state index in [1.807, 2.05) is 0 Å². The van der Waals surface area contributed by atoms with Crippen LogP contribution in [0.3, 0.4) is 0 Å². The highest BCUT2D eigenvalue weighted by Crippen LogP contribution is 2.38. The zero-order valence-corrected chi connectivity index (χ0v) is 8.46. The average molecular weight is 181 g/mol. The third-order valence-corrected chi connectivity index (χ3v) is 3.55. The Bertz CT molecular complexity index is 198. The van der Waals surface area contributed by atoms with Gasteiger partial charge in [0, 0.05) is 5.92 Å². The minimum absolute atomic E-state index is 0.766. The molecular formula is C11H19NO. The molecule has 0 radical (unpaired) electrons. The summed E-state index contributed by atoms with van der Waals surface area (Å²) in [4.78, 5) is 4.92. The van der Waals surface area contributed by atoms with Crippen molar-refractivity contribution in [2.45, 2.75) is 44.9 Å².